The van der Waals surface area contributed by atoms with Crippen LogP contribution in [0.15, 0.2) is 69.4 Å². The van der Waals surface area contributed by atoms with Crippen molar-refractivity contribution in [3.63, 3.8) is 0 Å². The molecular formula is C27H27N8NaO7S3. The number of hydrazine groups is 1. The summed E-state index contributed by atoms with van der Waals surface area (Å²) < 4.78 is 5.71. The fourth-order valence-corrected chi connectivity index (χ4v) is 8.40. The molecule has 0 bridgehead atoms. The van der Waals surface area contributed by atoms with Crippen molar-refractivity contribution in [1.82, 2.24) is 35.6 Å². The van der Waals surface area contributed by atoms with E-state index in [0.717, 1.165) is 4.24 Å². The number of carbonyl (C=O) groups excluding carboxylic acids is 5. The molecule has 5 heterocycles. The van der Waals surface area contributed by atoms with Gasteiger partial charge in [-0.1, -0.05) is 30.3 Å². The number of nitrogens with zero attached hydrogens (tertiary/aromatic N) is 4. The summed E-state index contributed by atoms with van der Waals surface area (Å²) >= 11 is 4.21. The SMILES string of the molecule is CN1C=C(SCC2=C(C(=O)[O-])N3C(=O)C(NC(=O)[C@H](NC(=O)N4CCNC4N=C4C=COC4=O)c4ccccc4)[C@H]3SC2)SN1.[Na+]. The first-order chi connectivity index (χ1) is 21.7. The normalized spacial score (nSPS) is 25.1. The first-order valence-electron chi connectivity index (χ1n) is 13.7. The van der Waals surface area contributed by atoms with Gasteiger partial charge in [-0.05, 0) is 23.1 Å². The van der Waals surface area contributed by atoms with Crippen LogP contribution in [0.1, 0.15) is 11.6 Å². The average Bonchev–Trinajstić information content (AvgIpc) is 3.79. The Morgan fingerprint density at radius 3 is 2.70 bits per heavy atom. The van der Waals surface area contributed by atoms with E-state index in [0.29, 0.717) is 29.2 Å². The maximum absolute atomic E-state index is 13.7. The summed E-state index contributed by atoms with van der Waals surface area (Å²) in [5.41, 5.74) is 0.904. The zero-order valence-electron chi connectivity index (χ0n) is 24.6. The Bertz CT molecular complexity index is 1560. The summed E-state index contributed by atoms with van der Waals surface area (Å²) in [6, 6.07) is 5.70. The quantitative estimate of drug-likeness (QED) is 0.0854. The zero-order valence-corrected chi connectivity index (χ0v) is 29.1. The van der Waals surface area contributed by atoms with Crippen LogP contribution >= 0.6 is 35.5 Å². The third-order valence-corrected chi connectivity index (χ3v) is 10.8. The second kappa shape index (κ2) is 14.8. The van der Waals surface area contributed by atoms with Crippen molar-refractivity contribution in [3.8, 4) is 0 Å². The summed E-state index contributed by atoms with van der Waals surface area (Å²) in [6.07, 6.45) is 3.62. The summed E-state index contributed by atoms with van der Waals surface area (Å²) in [4.78, 5) is 74.2. The van der Waals surface area contributed by atoms with Gasteiger partial charge in [-0.15, -0.1) is 23.5 Å². The molecule has 15 nitrogen and oxygen atoms in total. The van der Waals surface area contributed by atoms with Gasteiger partial charge in [0.2, 0.25) is 5.91 Å². The number of rotatable bonds is 9. The van der Waals surface area contributed by atoms with E-state index in [1.54, 1.807) is 35.3 Å². The number of nitrogens with one attached hydrogen (secondary N) is 4. The van der Waals surface area contributed by atoms with Gasteiger partial charge in [0.1, 0.15) is 23.2 Å². The van der Waals surface area contributed by atoms with Crippen LogP contribution in [0.5, 0.6) is 0 Å². The Morgan fingerprint density at radius 1 is 1.24 bits per heavy atom. The van der Waals surface area contributed by atoms with Crippen LogP contribution in [0.3, 0.4) is 0 Å². The summed E-state index contributed by atoms with van der Waals surface area (Å²) in [7, 11) is 1.85. The molecule has 0 spiro atoms. The van der Waals surface area contributed by atoms with Crippen molar-refractivity contribution >= 4 is 71.0 Å². The number of urea groups is 1. The van der Waals surface area contributed by atoms with Gasteiger partial charge >= 0.3 is 41.6 Å². The van der Waals surface area contributed by atoms with E-state index in [4.69, 9.17) is 4.74 Å². The Hall–Kier alpha value is -2.97. The molecule has 5 aliphatic rings. The van der Waals surface area contributed by atoms with Crippen LogP contribution in [0.4, 0.5) is 4.79 Å². The topological polar surface area (TPSA) is 188 Å². The molecule has 19 heteroatoms. The second-order valence-electron chi connectivity index (χ2n) is 10.2. The van der Waals surface area contributed by atoms with E-state index < -0.39 is 53.5 Å². The maximum atomic E-state index is 13.7. The number of aliphatic carboxylic acids is 1. The average molecular weight is 695 g/mol. The molecule has 0 saturated carbocycles. The monoisotopic (exact) mass is 694 g/mol. The Morgan fingerprint density at radius 2 is 2.02 bits per heavy atom. The van der Waals surface area contributed by atoms with E-state index in [1.165, 1.54) is 57.6 Å². The minimum absolute atomic E-state index is 0. The van der Waals surface area contributed by atoms with Gasteiger partial charge < -0.3 is 30.3 Å². The van der Waals surface area contributed by atoms with Gasteiger partial charge in [0.25, 0.3) is 5.91 Å². The van der Waals surface area contributed by atoms with E-state index in [2.05, 4.69) is 25.8 Å². The molecule has 236 valence electrons. The molecule has 2 unspecified atom stereocenters. The molecule has 4 amide bonds. The summed E-state index contributed by atoms with van der Waals surface area (Å²) in [6.45, 7) is 0.659. The summed E-state index contributed by atoms with van der Waals surface area (Å²) in [5.74, 6) is -2.62. The van der Waals surface area contributed by atoms with Crippen molar-refractivity contribution in [2.24, 2.45) is 4.99 Å². The fraction of sp³-hybridized carbons (Fsp3) is 0.333. The predicted octanol–water partition coefficient (Wildman–Crippen LogP) is -3.82. The number of benzene rings is 1. The number of aliphatic imine (C=N–C) groups is 1. The molecule has 4 atom stereocenters. The number of β-lactam (4-membered cyclic amide) rings is 1. The minimum atomic E-state index is -1.45. The first-order valence-corrected chi connectivity index (χ1v) is 16.6. The van der Waals surface area contributed by atoms with E-state index in [-0.39, 0.29) is 47.5 Å². The molecular weight excluding hydrogens is 668 g/mol. The van der Waals surface area contributed by atoms with E-state index >= 15 is 0 Å². The number of carboxylic acids is 1. The third-order valence-electron chi connectivity index (χ3n) is 7.29. The van der Waals surface area contributed by atoms with Crippen LogP contribution in [-0.2, 0) is 23.9 Å². The molecule has 4 N–H and O–H groups in total. The predicted molar refractivity (Wildman–Crippen MR) is 165 cm³/mol. The Balaban J connectivity index is 0.00000417. The number of hydrogen-bond donors (Lipinski definition) is 4. The molecule has 5 aliphatic heterocycles. The number of ether oxygens (including phenoxy) is 1. The molecule has 0 aromatic heterocycles. The van der Waals surface area contributed by atoms with Crippen molar-refractivity contribution in [2.75, 3.05) is 31.6 Å². The van der Waals surface area contributed by atoms with Crippen LogP contribution in [0, 0.1) is 0 Å². The van der Waals surface area contributed by atoms with E-state index in [1.807, 2.05) is 13.2 Å². The van der Waals surface area contributed by atoms with Crippen molar-refractivity contribution in [2.45, 2.75) is 23.7 Å². The number of cyclic esters (lactones) is 1. The maximum Gasteiger partial charge on any atom is 1.00 e. The van der Waals surface area contributed by atoms with Gasteiger partial charge in [0.05, 0.1) is 22.2 Å². The summed E-state index contributed by atoms with van der Waals surface area (Å²) in [5, 5.41) is 21.8. The largest absolute Gasteiger partial charge is 1.00 e. The number of fused-ring (bicyclic) bond motifs is 1. The number of amides is 4. The molecule has 6 rings (SSSR count). The standard InChI is InChI=1S/C27H28N8O7S3.Na/c1-33-11-17(45-32-33)43-12-15-13-44-23-19(22(37)35(23)20(15)24(38)39)30-21(36)18(14-5-3-2-4-6-14)31-27(41)34-9-8-28-26(34)29-16-7-10-42-25(16)40;/h2-7,10-11,18-19,23,26,28,32H,8-9,12-13H2,1H3,(H,30,36)(H,31,41)(H,38,39);/q;+1/p-1/t18-,19?,23-,26?;/m1./s1. The van der Waals surface area contributed by atoms with Gasteiger partial charge in [0, 0.05) is 43.9 Å². The van der Waals surface area contributed by atoms with Crippen molar-refractivity contribution in [1.29, 1.82) is 0 Å². The van der Waals surface area contributed by atoms with Crippen LogP contribution in [0.2, 0.25) is 0 Å². The van der Waals surface area contributed by atoms with Crippen LogP contribution < -0.4 is 55.4 Å². The van der Waals surface area contributed by atoms with Gasteiger partial charge in [0.15, 0.2) is 6.29 Å². The van der Waals surface area contributed by atoms with Gasteiger partial charge in [-0.25, -0.2) is 14.6 Å². The van der Waals surface area contributed by atoms with Crippen molar-refractivity contribution < 1.29 is 63.4 Å². The second-order valence-corrected chi connectivity index (χ2v) is 13.4. The molecule has 0 radical (unpaired) electrons. The molecule has 2 saturated heterocycles. The molecule has 1 aromatic carbocycles. The molecule has 46 heavy (non-hydrogen) atoms. The number of thioether (sulfide) groups is 2. The Kier molecular flexibility index (Phi) is 11.1. The van der Waals surface area contributed by atoms with Gasteiger partial charge in [-0.3, -0.25) is 24.7 Å². The zero-order chi connectivity index (χ0) is 31.7. The van der Waals surface area contributed by atoms with Crippen molar-refractivity contribution in [3.05, 3.63) is 69.9 Å². The molecule has 0 aliphatic carbocycles. The molecule has 2 fully saturated rings. The number of esters is 1. The smallest absolute Gasteiger partial charge is 0.543 e. The molecule has 1 aromatic rings. The van der Waals surface area contributed by atoms with Gasteiger partial charge in [-0.2, -0.15) is 4.83 Å². The number of hydrogen-bond acceptors (Lipinski definition) is 14. The number of carboxylic acid groups (broad SMARTS) is 1. The fourth-order valence-electron chi connectivity index (χ4n) is 5.11. The Labute approximate surface area is 298 Å². The van der Waals surface area contributed by atoms with Crippen LogP contribution in [0.25, 0.3) is 0 Å². The number of carbonyl (C=O) groups is 5. The minimum Gasteiger partial charge on any atom is -0.543 e. The van der Waals surface area contributed by atoms with E-state index in [9.17, 15) is 29.1 Å². The third kappa shape index (κ3) is 7.13. The van der Waals surface area contributed by atoms with Crippen LogP contribution in [-0.4, -0.2) is 99.7 Å². The first kappa shape index (κ1) is 34.4.